The normalized spacial score (nSPS) is 12.6. The molecule has 17 heavy (non-hydrogen) atoms. The number of tetrazole rings is 1. The molecule has 7 heteroatoms. The van der Waals surface area contributed by atoms with Crippen LogP contribution in [-0.2, 0) is 6.54 Å². The van der Waals surface area contributed by atoms with Crippen molar-refractivity contribution < 1.29 is 0 Å². The Morgan fingerprint density at radius 2 is 2.35 bits per heavy atom. The van der Waals surface area contributed by atoms with Gasteiger partial charge in [0.05, 0.1) is 6.04 Å². The lowest BCUT2D eigenvalue weighted by molar-refractivity contribution is 0.547. The standard InChI is InChI=1S/C10H11BrClN5/c1-6(10-14-16-17-15-10)13-5-7-4-8(11)2-3-9(7)12/h2-4,6,13H,5H2,1H3,(H,14,15,16,17). The fourth-order valence-electron chi connectivity index (χ4n) is 1.39. The van der Waals surface area contributed by atoms with Gasteiger partial charge >= 0.3 is 0 Å². The average Bonchev–Trinajstić information content (AvgIpc) is 2.83. The van der Waals surface area contributed by atoms with Crippen LogP contribution in [0.25, 0.3) is 0 Å². The number of hydrogen-bond acceptors (Lipinski definition) is 4. The molecule has 0 saturated heterocycles. The summed E-state index contributed by atoms with van der Waals surface area (Å²) in [4.78, 5) is 0. The molecule has 0 bridgehead atoms. The maximum atomic E-state index is 6.09. The van der Waals surface area contributed by atoms with Crippen LogP contribution in [0.2, 0.25) is 5.02 Å². The summed E-state index contributed by atoms with van der Waals surface area (Å²) in [7, 11) is 0. The van der Waals surface area contributed by atoms with E-state index in [1.807, 2.05) is 25.1 Å². The number of nitrogens with one attached hydrogen (secondary N) is 2. The SMILES string of the molecule is CC(NCc1cc(Br)ccc1Cl)c1nn[nH]n1. The first-order valence-corrected chi connectivity index (χ1v) is 6.24. The molecular formula is C10H11BrClN5. The Kier molecular flexibility index (Phi) is 4.09. The lowest BCUT2D eigenvalue weighted by atomic mass is 10.2. The van der Waals surface area contributed by atoms with Gasteiger partial charge in [-0.1, -0.05) is 32.7 Å². The van der Waals surface area contributed by atoms with Gasteiger partial charge in [-0.05, 0) is 30.7 Å². The van der Waals surface area contributed by atoms with Gasteiger partial charge in [-0.2, -0.15) is 5.21 Å². The molecule has 2 N–H and O–H groups in total. The fourth-order valence-corrected chi connectivity index (χ4v) is 1.98. The van der Waals surface area contributed by atoms with Crippen LogP contribution < -0.4 is 5.32 Å². The number of H-pyrrole nitrogens is 1. The topological polar surface area (TPSA) is 66.5 Å². The van der Waals surface area contributed by atoms with E-state index in [1.54, 1.807) is 0 Å². The summed E-state index contributed by atoms with van der Waals surface area (Å²) in [6.45, 7) is 2.62. The van der Waals surface area contributed by atoms with Crippen LogP contribution in [0, 0.1) is 0 Å². The Balaban J connectivity index is 2.00. The number of aromatic amines is 1. The van der Waals surface area contributed by atoms with Crippen molar-refractivity contribution in [3.8, 4) is 0 Å². The molecule has 1 aromatic carbocycles. The van der Waals surface area contributed by atoms with Crippen LogP contribution in [0.15, 0.2) is 22.7 Å². The third-order valence-corrected chi connectivity index (χ3v) is 3.22. The van der Waals surface area contributed by atoms with E-state index >= 15 is 0 Å². The Labute approximate surface area is 112 Å². The molecule has 0 aliphatic heterocycles. The molecule has 0 aliphatic rings. The van der Waals surface area contributed by atoms with Crippen molar-refractivity contribution >= 4 is 27.5 Å². The second-order valence-corrected chi connectivity index (χ2v) is 4.93. The predicted octanol–water partition coefficient (Wildman–Crippen LogP) is 2.47. The van der Waals surface area contributed by atoms with Crippen molar-refractivity contribution in [3.63, 3.8) is 0 Å². The Hall–Kier alpha value is -0.980. The highest BCUT2D eigenvalue weighted by molar-refractivity contribution is 9.10. The van der Waals surface area contributed by atoms with Crippen LogP contribution in [0.5, 0.6) is 0 Å². The monoisotopic (exact) mass is 315 g/mol. The molecule has 0 radical (unpaired) electrons. The number of aromatic nitrogens is 4. The summed E-state index contributed by atoms with van der Waals surface area (Å²) < 4.78 is 1.01. The third kappa shape index (κ3) is 3.24. The van der Waals surface area contributed by atoms with E-state index < -0.39 is 0 Å². The summed E-state index contributed by atoms with van der Waals surface area (Å²) >= 11 is 9.51. The smallest absolute Gasteiger partial charge is 0.191 e. The van der Waals surface area contributed by atoms with Gasteiger partial charge < -0.3 is 5.32 Å². The molecular weight excluding hydrogens is 306 g/mol. The van der Waals surface area contributed by atoms with E-state index in [2.05, 4.69) is 41.9 Å². The molecule has 2 rings (SSSR count). The molecule has 1 unspecified atom stereocenters. The largest absolute Gasteiger partial charge is 0.303 e. The highest BCUT2D eigenvalue weighted by atomic mass is 79.9. The average molecular weight is 317 g/mol. The van der Waals surface area contributed by atoms with Gasteiger partial charge in [0.2, 0.25) is 0 Å². The molecule has 2 aromatic rings. The van der Waals surface area contributed by atoms with Crippen molar-refractivity contribution in [1.82, 2.24) is 25.9 Å². The maximum Gasteiger partial charge on any atom is 0.191 e. The summed E-state index contributed by atoms with van der Waals surface area (Å²) in [5.74, 6) is 0.635. The van der Waals surface area contributed by atoms with E-state index in [-0.39, 0.29) is 6.04 Å². The van der Waals surface area contributed by atoms with Gasteiger partial charge in [-0.3, -0.25) is 0 Å². The molecule has 1 heterocycles. The quantitative estimate of drug-likeness (QED) is 0.909. The number of nitrogens with zero attached hydrogens (tertiary/aromatic N) is 3. The minimum Gasteiger partial charge on any atom is -0.303 e. The minimum absolute atomic E-state index is 0.0174. The first kappa shape index (κ1) is 12.5. The first-order valence-electron chi connectivity index (χ1n) is 5.07. The molecule has 0 spiro atoms. The number of hydrogen-bond donors (Lipinski definition) is 2. The molecule has 0 aliphatic carbocycles. The molecule has 1 atom stereocenters. The maximum absolute atomic E-state index is 6.09. The summed E-state index contributed by atoms with van der Waals surface area (Å²) in [6.07, 6.45) is 0. The van der Waals surface area contributed by atoms with E-state index in [1.165, 1.54) is 0 Å². The number of halogens is 2. The van der Waals surface area contributed by atoms with Gasteiger partial charge in [-0.15, -0.1) is 10.2 Å². The summed E-state index contributed by atoms with van der Waals surface area (Å²) in [6, 6.07) is 5.78. The first-order chi connectivity index (χ1) is 8.16. The van der Waals surface area contributed by atoms with Crippen LogP contribution >= 0.6 is 27.5 Å². The summed E-state index contributed by atoms with van der Waals surface area (Å²) in [5, 5.41) is 17.8. The summed E-state index contributed by atoms with van der Waals surface area (Å²) in [5.41, 5.74) is 1.02. The Morgan fingerprint density at radius 1 is 1.53 bits per heavy atom. The van der Waals surface area contributed by atoms with Gasteiger partial charge in [0.25, 0.3) is 0 Å². The molecule has 0 saturated carbocycles. The van der Waals surface area contributed by atoms with E-state index in [9.17, 15) is 0 Å². The second-order valence-electron chi connectivity index (χ2n) is 3.61. The van der Waals surface area contributed by atoms with Crippen LogP contribution in [0.1, 0.15) is 24.4 Å². The zero-order chi connectivity index (χ0) is 12.3. The molecule has 1 aromatic heterocycles. The Morgan fingerprint density at radius 3 is 3.06 bits per heavy atom. The van der Waals surface area contributed by atoms with Crippen molar-refractivity contribution in [2.75, 3.05) is 0 Å². The van der Waals surface area contributed by atoms with Gasteiger partial charge in [0, 0.05) is 16.0 Å². The zero-order valence-corrected chi connectivity index (χ0v) is 11.5. The van der Waals surface area contributed by atoms with Crippen molar-refractivity contribution in [1.29, 1.82) is 0 Å². The molecule has 0 amide bonds. The number of rotatable bonds is 4. The lowest BCUT2D eigenvalue weighted by Gasteiger charge is -2.11. The van der Waals surface area contributed by atoms with E-state index in [4.69, 9.17) is 11.6 Å². The zero-order valence-electron chi connectivity index (χ0n) is 9.11. The van der Waals surface area contributed by atoms with Crippen LogP contribution in [0.4, 0.5) is 0 Å². The number of benzene rings is 1. The highest BCUT2D eigenvalue weighted by Crippen LogP contribution is 2.21. The Bertz CT molecular complexity index is 487. The van der Waals surface area contributed by atoms with Crippen molar-refractivity contribution in [3.05, 3.63) is 39.1 Å². The van der Waals surface area contributed by atoms with Gasteiger partial charge in [-0.25, -0.2) is 0 Å². The fraction of sp³-hybridized carbons (Fsp3) is 0.300. The molecule has 90 valence electrons. The predicted molar refractivity (Wildman–Crippen MR) is 68.6 cm³/mol. The second kappa shape index (κ2) is 5.57. The molecule has 0 fully saturated rings. The van der Waals surface area contributed by atoms with E-state index in [0.29, 0.717) is 12.4 Å². The van der Waals surface area contributed by atoms with Crippen molar-refractivity contribution in [2.45, 2.75) is 19.5 Å². The van der Waals surface area contributed by atoms with Crippen molar-refractivity contribution in [2.24, 2.45) is 0 Å². The van der Waals surface area contributed by atoms with Crippen LogP contribution in [-0.4, -0.2) is 20.6 Å². The minimum atomic E-state index is 0.0174. The molecule has 5 nitrogen and oxygen atoms in total. The lowest BCUT2D eigenvalue weighted by Crippen LogP contribution is -2.19. The van der Waals surface area contributed by atoms with Gasteiger partial charge in [0.15, 0.2) is 5.82 Å². The van der Waals surface area contributed by atoms with Gasteiger partial charge in [0.1, 0.15) is 0 Å². The van der Waals surface area contributed by atoms with E-state index in [0.717, 1.165) is 15.1 Å². The third-order valence-electron chi connectivity index (χ3n) is 2.36. The highest BCUT2D eigenvalue weighted by Gasteiger charge is 2.10. The van der Waals surface area contributed by atoms with Crippen LogP contribution in [0.3, 0.4) is 0 Å².